The summed E-state index contributed by atoms with van der Waals surface area (Å²) in [5.74, 6) is 0.372. The SMILES string of the molecule is NCc1cn(CCOc2ccc(C(F)(F)F)cc2)nn1. The molecule has 0 spiro atoms. The minimum Gasteiger partial charge on any atom is -0.492 e. The standard InChI is InChI=1S/C12H13F3N4O/c13-12(14,15)9-1-3-11(4-2-9)20-6-5-19-8-10(7-16)17-18-19/h1-4,8H,5-7,16H2. The van der Waals surface area contributed by atoms with Gasteiger partial charge in [-0.2, -0.15) is 13.2 Å². The molecule has 0 radical (unpaired) electrons. The molecule has 2 aromatic rings. The fourth-order valence-electron chi connectivity index (χ4n) is 1.54. The lowest BCUT2D eigenvalue weighted by Crippen LogP contribution is -2.09. The molecule has 0 saturated carbocycles. The van der Waals surface area contributed by atoms with Gasteiger partial charge in [0.2, 0.25) is 0 Å². The van der Waals surface area contributed by atoms with E-state index in [0.29, 0.717) is 24.5 Å². The van der Waals surface area contributed by atoms with E-state index in [4.69, 9.17) is 10.5 Å². The number of ether oxygens (including phenoxy) is 1. The number of nitrogens with two attached hydrogens (primary N) is 1. The van der Waals surface area contributed by atoms with E-state index < -0.39 is 11.7 Å². The van der Waals surface area contributed by atoms with Crippen LogP contribution in [0.25, 0.3) is 0 Å². The smallest absolute Gasteiger partial charge is 0.416 e. The van der Waals surface area contributed by atoms with E-state index in [0.717, 1.165) is 12.1 Å². The monoisotopic (exact) mass is 286 g/mol. The van der Waals surface area contributed by atoms with Gasteiger partial charge in [0.15, 0.2) is 0 Å². The minimum absolute atomic E-state index is 0.277. The second-order valence-corrected chi connectivity index (χ2v) is 4.05. The van der Waals surface area contributed by atoms with Crippen molar-refractivity contribution in [2.45, 2.75) is 19.3 Å². The minimum atomic E-state index is -4.34. The van der Waals surface area contributed by atoms with Gasteiger partial charge in [-0.15, -0.1) is 5.10 Å². The summed E-state index contributed by atoms with van der Waals surface area (Å²) in [4.78, 5) is 0. The number of halogens is 3. The van der Waals surface area contributed by atoms with Gasteiger partial charge in [0.1, 0.15) is 12.4 Å². The second-order valence-electron chi connectivity index (χ2n) is 4.05. The van der Waals surface area contributed by atoms with Crippen LogP contribution in [0, 0.1) is 0 Å². The highest BCUT2D eigenvalue weighted by atomic mass is 19.4. The van der Waals surface area contributed by atoms with E-state index in [1.165, 1.54) is 12.1 Å². The summed E-state index contributed by atoms with van der Waals surface area (Å²) in [6.45, 7) is 1.02. The van der Waals surface area contributed by atoms with Gasteiger partial charge in [0, 0.05) is 12.7 Å². The molecule has 8 heteroatoms. The van der Waals surface area contributed by atoms with Gasteiger partial charge in [0.05, 0.1) is 17.8 Å². The molecule has 20 heavy (non-hydrogen) atoms. The van der Waals surface area contributed by atoms with Crippen molar-refractivity contribution < 1.29 is 17.9 Å². The van der Waals surface area contributed by atoms with Crippen LogP contribution in [0.5, 0.6) is 5.75 Å². The van der Waals surface area contributed by atoms with Gasteiger partial charge >= 0.3 is 6.18 Å². The zero-order chi connectivity index (χ0) is 14.6. The Morgan fingerprint density at radius 2 is 1.90 bits per heavy atom. The Bertz CT molecular complexity index is 551. The molecule has 108 valence electrons. The molecule has 0 aliphatic carbocycles. The predicted octanol–water partition coefficient (Wildman–Crippen LogP) is 1.83. The molecule has 5 nitrogen and oxygen atoms in total. The molecule has 1 heterocycles. The zero-order valence-electron chi connectivity index (χ0n) is 10.5. The number of hydrogen-bond acceptors (Lipinski definition) is 4. The highest BCUT2D eigenvalue weighted by Crippen LogP contribution is 2.30. The summed E-state index contributed by atoms with van der Waals surface area (Å²) >= 11 is 0. The van der Waals surface area contributed by atoms with Crippen LogP contribution in [0.15, 0.2) is 30.5 Å². The molecule has 0 saturated heterocycles. The second kappa shape index (κ2) is 5.91. The third-order valence-corrected chi connectivity index (χ3v) is 2.57. The first kappa shape index (κ1) is 14.3. The van der Waals surface area contributed by atoms with Crippen molar-refractivity contribution in [1.82, 2.24) is 15.0 Å². The van der Waals surface area contributed by atoms with Crippen LogP contribution in [-0.4, -0.2) is 21.6 Å². The van der Waals surface area contributed by atoms with Crippen molar-refractivity contribution in [3.05, 3.63) is 41.7 Å². The first-order chi connectivity index (χ1) is 9.49. The molecule has 0 unspecified atom stereocenters. The molecule has 0 amide bonds. The molecule has 0 fully saturated rings. The number of benzene rings is 1. The van der Waals surface area contributed by atoms with E-state index in [1.807, 2.05) is 0 Å². The molecule has 1 aromatic heterocycles. The Hall–Kier alpha value is -2.09. The van der Waals surface area contributed by atoms with Crippen LogP contribution in [0.4, 0.5) is 13.2 Å². The number of aromatic nitrogens is 3. The number of alkyl halides is 3. The zero-order valence-corrected chi connectivity index (χ0v) is 10.5. The highest BCUT2D eigenvalue weighted by Gasteiger charge is 2.29. The van der Waals surface area contributed by atoms with Crippen molar-refractivity contribution in [3.63, 3.8) is 0 Å². The third kappa shape index (κ3) is 3.70. The van der Waals surface area contributed by atoms with Gasteiger partial charge in [-0.05, 0) is 24.3 Å². The Balaban J connectivity index is 1.85. The molecular formula is C12H13F3N4O. The fourth-order valence-corrected chi connectivity index (χ4v) is 1.54. The van der Waals surface area contributed by atoms with Crippen LogP contribution in [0.3, 0.4) is 0 Å². The lowest BCUT2D eigenvalue weighted by molar-refractivity contribution is -0.137. The summed E-state index contributed by atoms with van der Waals surface area (Å²) in [7, 11) is 0. The summed E-state index contributed by atoms with van der Waals surface area (Å²) in [5, 5.41) is 7.63. The normalized spacial score (nSPS) is 11.6. The van der Waals surface area contributed by atoms with Crippen LogP contribution in [-0.2, 0) is 19.3 Å². The fraction of sp³-hybridized carbons (Fsp3) is 0.333. The first-order valence-electron chi connectivity index (χ1n) is 5.88. The van der Waals surface area contributed by atoms with E-state index in [1.54, 1.807) is 10.9 Å². The Kier molecular flexibility index (Phi) is 4.23. The summed E-state index contributed by atoms with van der Waals surface area (Å²) < 4.78 is 44.0. The first-order valence-corrected chi connectivity index (χ1v) is 5.88. The largest absolute Gasteiger partial charge is 0.492 e. The van der Waals surface area contributed by atoms with Crippen molar-refractivity contribution in [1.29, 1.82) is 0 Å². The number of nitrogens with zero attached hydrogens (tertiary/aromatic N) is 3. The topological polar surface area (TPSA) is 66.0 Å². The summed E-state index contributed by atoms with van der Waals surface area (Å²) in [5.41, 5.74) is 5.36. The van der Waals surface area contributed by atoms with E-state index in [9.17, 15) is 13.2 Å². The lowest BCUT2D eigenvalue weighted by Gasteiger charge is -2.09. The number of hydrogen-bond donors (Lipinski definition) is 1. The molecular weight excluding hydrogens is 273 g/mol. The predicted molar refractivity (Wildman–Crippen MR) is 64.9 cm³/mol. The quantitative estimate of drug-likeness (QED) is 0.910. The van der Waals surface area contributed by atoms with E-state index in [-0.39, 0.29) is 6.61 Å². The Morgan fingerprint density at radius 1 is 1.20 bits per heavy atom. The van der Waals surface area contributed by atoms with Crippen molar-refractivity contribution in [2.75, 3.05) is 6.61 Å². The van der Waals surface area contributed by atoms with Crippen LogP contribution < -0.4 is 10.5 Å². The maximum atomic E-state index is 12.4. The van der Waals surface area contributed by atoms with Crippen LogP contribution in [0.2, 0.25) is 0 Å². The van der Waals surface area contributed by atoms with Crippen LogP contribution >= 0.6 is 0 Å². The highest BCUT2D eigenvalue weighted by molar-refractivity contribution is 5.28. The van der Waals surface area contributed by atoms with Gasteiger partial charge in [0.25, 0.3) is 0 Å². The molecule has 0 bridgehead atoms. The maximum absolute atomic E-state index is 12.4. The van der Waals surface area contributed by atoms with Gasteiger partial charge < -0.3 is 10.5 Å². The maximum Gasteiger partial charge on any atom is 0.416 e. The van der Waals surface area contributed by atoms with Crippen molar-refractivity contribution >= 4 is 0 Å². The van der Waals surface area contributed by atoms with E-state index >= 15 is 0 Å². The molecule has 2 rings (SSSR count). The van der Waals surface area contributed by atoms with Gasteiger partial charge in [-0.1, -0.05) is 5.21 Å². The summed E-state index contributed by atoms with van der Waals surface area (Å²) in [6.07, 6.45) is -2.64. The Labute approximate surface area is 113 Å². The lowest BCUT2D eigenvalue weighted by atomic mass is 10.2. The van der Waals surface area contributed by atoms with Crippen molar-refractivity contribution in [3.8, 4) is 5.75 Å². The average Bonchev–Trinajstić information content (AvgIpc) is 2.86. The molecule has 1 aromatic carbocycles. The number of rotatable bonds is 5. The van der Waals surface area contributed by atoms with E-state index in [2.05, 4.69) is 10.3 Å². The molecule has 0 aliphatic rings. The molecule has 2 N–H and O–H groups in total. The average molecular weight is 286 g/mol. The van der Waals surface area contributed by atoms with Gasteiger partial charge in [-0.25, -0.2) is 4.68 Å². The van der Waals surface area contributed by atoms with Gasteiger partial charge in [-0.3, -0.25) is 0 Å². The van der Waals surface area contributed by atoms with Crippen LogP contribution in [0.1, 0.15) is 11.3 Å². The molecule has 0 atom stereocenters. The third-order valence-electron chi connectivity index (χ3n) is 2.57. The summed E-state index contributed by atoms with van der Waals surface area (Å²) in [6, 6.07) is 4.54. The van der Waals surface area contributed by atoms with Crippen molar-refractivity contribution in [2.24, 2.45) is 5.73 Å². The molecule has 0 aliphatic heterocycles. The Morgan fingerprint density at radius 3 is 2.45 bits per heavy atom.